The third kappa shape index (κ3) is 4.55. The molecule has 2 nitrogen and oxygen atoms in total. The molecule has 0 fully saturated rings. The molecule has 1 rings (SSSR count). The van der Waals surface area contributed by atoms with E-state index in [0.29, 0.717) is 10.6 Å². The van der Waals surface area contributed by atoms with Gasteiger partial charge in [-0.1, -0.05) is 51.4 Å². The van der Waals surface area contributed by atoms with Crippen LogP contribution in [0.15, 0.2) is 18.2 Å². The molecule has 0 spiro atoms. The van der Waals surface area contributed by atoms with Crippen LogP contribution in [-0.2, 0) is 0 Å². The minimum absolute atomic E-state index is 0. The van der Waals surface area contributed by atoms with Gasteiger partial charge in [0.25, 0.3) is 0 Å². The topological polar surface area (TPSA) is 29.1 Å². The van der Waals surface area contributed by atoms with Gasteiger partial charge in [-0.3, -0.25) is 4.79 Å². The Morgan fingerprint density at radius 2 is 2.10 bits per heavy atom. The van der Waals surface area contributed by atoms with Gasteiger partial charge in [-0.15, -0.1) is 0 Å². The standard InChI is InChI=1S/C18H28ClNO.54H2/c1-7-18(6,8-2)20-16(12(3)4)17(21)14-10-9-13(5)15(19)11-14;;;;;;;;;;;;;;;;;;;;;;;;;;;;;;;;;;;;;;;;;;;;;;;;;;;;;;/h9-12,16,20H,7-8H2,1-6H3;54*1H/i12D;1+1D;;;;;;;;;;;;;;;;;;;;;;;;;;;;;;;;;;;;;;;;;;;;;;;;;;;;;. The Kier molecular flexibility index (Phi) is 5.32. The first kappa shape index (κ1) is 15.1. The molecule has 0 aliphatic heterocycles. The molecule has 0 aliphatic rings. The zero-order valence-electron chi connectivity index (χ0n) is 17.0. The molecular formula is C18H136ClNO. The first-order chi connectivity index (χ1) is 11.0. The van der Waals surface area contributed by atoms with E-state index in [9.17, 15) is 4.79 Å². The van der Waals surface area contributed by atoms with Crippen LogP contribution >= 0.6 is 11.6 Å². The van der Waals surface area contributed by atoms with Gasteiger partial charge in [-0.05, 0) is 44.2 Å². The number of aryl methyl sites for hydroxylation is 1. The van der Waals surface area contributed by atoms with Crippen molar-refractivity contribution in [1.82, 2.24) is 5.32 Å². The number of carbonyl (C=O) groups excluding carboxylic acids is 1. The van der Waals surface area contributed by atoms with E-state index in [4.69, 9.17) is 15.9 Å². The summed E-state index contributed by atoms with van der Waals surface area (Å²) in [5, 5.41) is 4.01. The highest BCUT2D eigenvalue weighted by atomic mass is 35.5. The summed E-state index contributed by atoms with van der Waals surface area (Å²) in [5.74, 6) is -0.991. The number of hydrogen-bond acceptors (Lipinski definition) is 2. The summed E-state index contributed by atoms with van der Waals surface area (Å²) >= 11 is 6.15. The Hall–Kier alpha value is -0.860. The number of halogens is 1. The molecule has 1 aromatic carbocycles. The number of ketones is 1. The molecule has 0 heterocycles. The van der Waals surface area contributed by atoms with Gasteiger partial charge in [0.1, 0.15) is 0 Å². The van der Waals surface area contributed by atoms with Crippen LogP contribution in [0.5, 0.6) is 0 Å². The maximum Gasteiger partial charge on any atom is 0.180 e. The molecule has 21 heavy (non-hydrogen) atoms. The Labute approximate surface area is 217 Å². The molecule has 0 saturated carbocycles. The molecule has 1 unspecified atom stereocenters. The summed E-state index contributed by atoms with van der Waals surface area (Å²) in [6.45, 7) is 11.7. The number of benzene rings is 1. The molecule has 0 saturated heterocycles. The van der Waals surface area contributed by atoms with Crippen molar-refractivity contribution in [3.63, 3.8) is 0 Å². The van der Waals surface area contributed by atoms with Crippen molar-refractivity contribution in [2.45, 2.75) is 66.0 Å². The minimum atomic E-state index is -0.917. The number of rotatable bonds is 7. The van der Waals surface area contributed by atoms with Gasteiger partial charge in [-0.25, -0.2) is 0 Å². The summed E-state index contributed by atoms with van der Waals surface area (Å²) < 4.78 is 18.4. The van der Waals surface area contributed by atoms with Crippen molar-refractivity contribution < 1.29 is 84.7 Å². The van der Waals surface area contributed by atoms with Crippen LogP contribution in [0.1, 0.15) is 143 Å². The second-order valence-corrected chi connectivity index (χ2v) is 6.66. The molecule has 0 aromatic heterocycles. The molecule has 0 amide bonds. The highest BCUT2D eigenvalue weighted by Gasteiger charge is 2.30. The summed E-state index contributed by atoms with van der Waals surface area (Å²) in [6.07, 6.45) is 1.80. The van der Waals surface area contributed by atoms with Crippen molar-refractivity contribution in [3.8, 4) is 0 Å². The van der Waals surface area contributed by atoms with Crippen molar-refractivity contribution in [2.75, 3.05) is 0 Å². The number of nitrogens with one attached hydrogen (secondary N) is 1. The van der Waals surface area contributed by atoms with Crippen LogP contribution in [0.25, 0.3) is 0 Å². The third-order valence-electron chi connectivity index (χ3n) is 4.35. The molecular weight excluding hydrogens is 282 g/mol. The smallest absolute Gasteiger partial charge is 0.180 e. The maximum atomic E-state index is 12.9. The van der Waals surface area contributed by atoms with Crippen LogP contribution in [0, 0.1) is 12.8 Å². The number of carbonyl (C=O) groups is 1. The van der Waals surface area contributed by atoms with Crippen molar-refractivity contribution >= 4 is 17.4 Å². The highest BCUT2D eigenvalue weighted by Crippen LogP contribution is 2.22. The van der Waals surface area contributed by atoms with Gasteiger partial charge >= 0.3 is 0 Å². The lowest BCUT2D eigenvalue weighted by Crippen LogP contribution is -2.53. The fourth-order valence-electron chi connectivity index (χ4n) is 2.19. The molecule has 0 bridgehead atoms. The van der Waals surface area contributed by atoms with Gasteiger partial charge in [0.15, 0.2) is 5.78 Å². The Balaban J connectivity index is -0.00000000183. The number of Topliss-reactive ketones (excluding diaryl/α,β-unsaturated/α-hetero) is 1. The zero-order chi connectivity index (χ0) is 19.1. The molecule has 1 atom stereocenters. The van der Waals surface area contributed by atoms with E-state index in [1.165, 1.54) is 0 Å². The van der Waals surface area contributed by atoms with E-state index in [0.717, 1.165) is 18.4 Å². The Morgan fingerprint density at radius 1 is 1.52 bits per heavy atom. The quantitative estimate of drug-likeness (QED) is 0.443. The van der Waals surface area contributed by atoms with Crippen molar-refractivity contribution in [1.29, 1.82) is 0 Å². The van der Waals surface area contributed by atoms with Crippen molar-refractivity contribution in [2.24, 2.45) is 5.89 Å². The average molecular weight is 422 g/mol. The summed E-state index contributed by atoms with van der Waals surface area (Å²) in [7, 11) is 0. The largest absolute Gasteiger partial charge is 0.302 e. The monoisotopic (exact) mass is 421 g/mol. The van der Waals surface area contributed by atoms with E-state index in [1.54, 1.807) is 26.0 Å². The lowest BCUT2D eigenvalue weighted by atomic mass is 9.88. The first-order valence-corrected chi connectivity index (χ1v) is 8.00. The maximum absolute atomic E-state index is 12.9. The lowest BCUT2D eigenvalue weighted by molar-refractivity contribution is 0.0883. The van der Waals surface area contributed by atoms with Crippen LogP contribution in [0.2, 0.25) is 5.02 Å². The molecule has 0 aliphatic carbocycles. The minimum Gasteiger partial charge on any atom is -0.302 e. The number of hydrogen-bond donors (Lipinski definition) is 1. The molecule has 226 valence electrons. The van der Waals surface area contributed by atoms with Gasteiger partial charge in [0.05, 0.1) is 6.04 Å². The van der Waals surface area contributed by atoms with E-state index in [1.807, 2.05) is 13.0 Å². The fourth-order valence-corrected chi connectivity index (χ4v) is 2.37. The zero-order valence-corrected chi connectivity index (χ0v) is 14.8. The van der Waals surface area contributed by atoms with E-state index >= 15 is 0 Å². The SMILES string of the molecule is [2H]C(C)(C)C(NC(C)(CC)CC)C(=O)c1ccc(C)c(Cl)c1.[2H][2H].[HH].[HH].[HH].[HH].[HH].[HH].[HH].[HH].[HH].[HH].[HH].[HH].[HH].[HH].[HH].[HH].[HH].[HH].[HH].[HH].[HH].[HH].[HH].[HH].[HH].[HH].[HH].[HH].[HH].[HH].[HH].[HH].[HH].[HH].[HH].[HH].[HH].[HH].[HH].[HH].[HH].[HH].[HH].[HH].[HH].[HH].[HH].[HH].[HH].[HH].[HH].[HH].[HH]. The van der Waals surface area contributed by atoms with Gasteiger partial charge in [-0.2, -0.15) is 0 Å². The second kappa shape index (κ2) is 7.42. The molecule has 0 radical (unpaired) electrons. The fraction of sp³-hybridized carbons (Fsp3) is 0.611. The summed E-state index contributed by atoms with van der Waals surface area (Å²) in [5.41, 5.74) is 1.34. The Bertz CT molecular complexity index is 592. The van der Waals surface area contributed by atoms with E-state index in [-0.39, 0.29) is 86.9 Å². The van der Waals surface area contributed by atoms with Gasteiger partial charge < -0.3 is 5.32 Å². The van der Waals surface area contributed by atoms with Gasteiger partial charge in [0, 0.05) is 96.1 Å². The summed E-state index contributed by atoms with van der Waals surface area (Å²) in [4.78, 5) is 12.9. The van der Waals surface area contributed by atoms with Gasteiger partial charge in [0.2, 0.25) is 0 Å². The van der Waals surface area contributed by atoms with E-state index < -0.39 is 11.9 Å². The molecule has 1 aromatic rings. The normalized spacial score (nSPS) is 15.1. The summed E-state index contributed by atoms with van der Waals surface area (Å²) in [6, 6.07) is 4.77. The van der Waals surface area contributed by atoms with E-state index in [2.05, 4.69) is 26.1 Å². The highest BCUT2D eigenvalue weighted by molar-refractivity contribution is 6.31. The molecule has 3 heteroatoms. The predicted octanol–water partition coefficient (Wildman–Crippen LogP) is 18.3. The third-order valence-corrected chi connectivity index (χ3v) is 4.76. The van der Waals surface area contributed by atoms with Crippen molar-refractivity contribution in [3.05, 3.63) is 34.3 Å². The van der Waals surface area contributed by atoms with Crippen LogP contribution < -0.4 is 5.32 Å². The predicted molar refractivity (Wildman–Crippen MR) is 205 cm³/mol. The Morgan fingerprint density at radius 3 is 2.52 bits per heavy atom. The van der Waals surface area contributed by atoms with Crippen LogP contribution in [0.4, 0.5) is 0 Å². The average Bonchev–Trinajstić information content (AvgIpc) is 2.55. The van der Waals surface area contributed by atoms with Crippen LogP contribution in [-0.4, -0.2) is 17.4 Å². The first-order valence-electron chi connectivity index (χ1n) is 9.12. The van der Waals surface area contributed by atoms with Crippen LogP contribution in [0.3, 0.4) is 0 Å². The second-order valence-electron chi connectivity index (χ2n) is 6.25. The lowest BCUT2D eigenvalue weighted by Gasteiger charge is -2.35. The molecule has 1 N–H and O–H groups in total.